The number of alkyl halides is 3. The Balaban J connectivity index is 4.13. The molecule has 1 nitrogen and oxygen atoms in total. The fourth-order valence-corrected chi connectivity index (χ4v) is 0.729. The monoisotopic (exact) mass is 180 g/mol. The summed E-state index contributed by atoms with van der Waals surface area (Å²) in [7, 11) is 0. The molecule has 0 aliphatic rings. The quantitative estimate of drug-likeness (QED) is 0.521. The Morgan fingerprint density at radius 3 is 2.17 bits per heavy atom. The molecule has 0 fully saturated rings. The van der Waals surface area contributed by atoms with Crippen LogP contribution in [0, 0.1) is 0 Å². The van der Waals surface area contributed by atoms with Gasteiger partial charge in [-0.15, -0.1) is 0 Å². The minimum atomic E-state index is -4.29. The maximum atomic E-state index is 12.0. The molecule has 0 amide bonds. The Morgan fingerprint density at radius 2 is 1.92 bits per heavy atom. The molecule has 0 radical (unpaired) electrons. The summed E-state index contributed by atoms with van der Waals surface area (Å²) in [6, 6.07) is 0. The van der Waals surface area contributed by atoms with Crippen LogP contribution in [-0.2, 0) is 0 Å². The maximum Gasteiger partial charge on any atom is 0.412 e. The van der Waals surface area contributed by atoms with Gasteiger partial charge in [0.2, 0.25) is 0 Å². The molecule has 0 heterocycles. The number of rotatable bonds is 3. The van der Waals surface area contributed by atoms with Crippen LogP contribution in [-0.4, -0.2) is 11.3 Å². The van der Waals surface area contributed by atoms with E-state index >= 15 is 0 Å². The summed E-state index contributed by atoms with van der Waals surface area (Å²) in [6.45, 7) is 4.43. The molecule has 1 N–H and O–H groups in total. The number of aliphatic hydroxyl groups is 1. The van der Waals surface area contributed by atoms with Crippen LogP contribution in [0.1, 0.15) is 19.8 Å². The topological polar surface area (TPSA) is 20.2 Å². The lowest BCUT2D eigenvalue weighted by Gasteiger charge is -2.09. The molecule has 0 saturated carbocycles. The van der Waals surface area contributed by atoms with Crippen LogP contribution >= 0.6 is 0 Å². The normalized spacial score (nSPS) is 13.2. The van der Waals surface area contributed by atoms with Gasteiger partial charge in [-0.25, -0.2) is 0 Å². The summed E-state index contributed by atoms with van der Waals surface area (Å²) in [5.41, 5.74) is -0.627. The van der Waals surface area contributed by atoms with Crippen molar-refractivity contribution in [2.75, 3.05) is 0 Å². The second-order valence-electron chi connectivity index (χ2n) is 2.38. The molecular formula is C8H11F3O. The van der Waals surface area contributed by atoms with E-state index in [-0.39, 0.29) is 18.6 Å². The molecule has 0 spiro atoms. The van der Waals surface area contributed by atoms with Gasteiger partial charge in [-0.2, -0.15) is 13.2 Å². The van der Waals surface area contributed by atoms with Gasteiger partial charge in [0.05, 0.1) is 5.76 Å². The van der Waals surface area contributed by atoms with Gasteiger partial charge in [-0.05, 0) is 13.3 Å². The van der Waals surface area contributed by atoms with E-state index in [1.165, 1.54) is 6.92 Å². The van der Waals surface area contributed by atoms with Crippen molar-refractivity contribution in [2.24, 2.45) is 0 Å². The molecule has 0 aromatic rings. The van der Waals surface area contributed by atoms with Crippen molar-refractivity contribution in [1.82, 2.24) is 0 Å². The summed E-state index contributed by atoms with van der Waals surface area (Å²) in [5, 5.41) is 8.57. The van der Waals surface area contributed by atoms with E-state index in [0.29, 0.717) is 0 Å². The van der Waals surface area contributed by atoms with Crippen molar-refractivity contribution in [2.45, 2.75) is 25.9 Å². The van der Waals surface area contributed by atoms with Crippen LogP contribution in [0.4, 0.5) is 13.2 Å². The Morgan fingerprint density at radius 1 is 1.42 bits per heavy atom. The molecule has 4 heteroatoms. The zero-order chi connectivity index (χ0) is 9.78. The Bertz CT molecular complexity index is 191. The third-order valence-corrected chi connectivity index (χ3v) is 1.40. The first-order valence-corrected chi connectivity index (χ1v) is 3.47. The first-order chi connectivity index (χ1) is 5.38. The van der Waals surface area contributed by atoms with Crippen LogP contribution < -0.4 is 0 Å². The van der Waals surface area contributed by atoms with Gasteiger partial charge < -0.3 is 5.11 Å². The van der Waals surface area contributed by atoms with Crippen molar-refractivity contribution in [1.29, 1.82) is 0 Å². The van der Waals surface area contributed by atoms with Gasteiger partial charge in [0, 0.05) is 12.0 Å². The maximum absolute atomic E-state index is 12.0. The van der Waals surface area contributed by atoms with Gasteiger partial charge >= 0.3 is 6.18 Å². The van der Waals surface area contributed by atoms with Crippen molar-refractivity contribution >= 4 is 0 Å². The number of aliphatic hydroxyl groups excluding tert-OH is 1. The highest BCUT2D eigenvalue weighted by Gasteiger charge is 2.32. The van der Waals surface area contributed by atoms with Gasteiger partial charge in [0.25, 0.3) is 0 Å². The molecule has 0 atom stereocenters. The van der Waals surface area contributed by atoms with Crippen LogP contribution in [0.3, 0.4) is 0 Å². The molecule has 0 bridgehead atoms. The van der Waals surface area contributed by atoms with E-state index in [2.05, 4.69) is 6.58 Å². The Hall–Kier alpha value is -0.930. The van der Waals surface area contributed by atoms with E-state index in [0.717, 1.165) is 6.08 Å². The van der Waals surface area contributed by atoms with Crippen molar-refractivity contribution in [3.8, 4) is 0 Å². The summed E-state index contributed by atoms with van der Waals surface area (Å²) in [5.74, 6) is -0.224. The van der Waals surface area contributed by atoms with E-state index in [1.807, 2.05) is 0 Å². The first kappa shape index (κ1) is 11.1. The van der Waals surface area contributed by atoms with E-state index in [1.54, 1.807) is 0 Å². The lowest BCUT2D eigenvalue weighted by Crippen LogP contribution is -2.11. The average molecular weight is 180 g/mol. The van der Waals surface area contributed by atoms with Crippen LogP contribution in [0.15, 0.2) is 24.0 Å². The molecule has 0 saturated heterocycles. The minimum absolute atomic E-state index is 0.0425. The van der Waals surface area contributed by atoms with E-state index in [4.69, 9.17) is 5.11 Å². The average Bonchev–Trinajstić information content (AvgIpc) is 1.85. The summed E-state index contributed by atoms with van der Waals surface area (Å²) in [6.07, 6.45) is -3.54. The van der Waals surface area contributed by atoms with Crippen LogP contribution in [0.2, 0.25) is 0 Å². The smallest absolute Gasteiger partial charge is 0.412 e. The predicted molar refractivity (Wildman–Crippen MR) is 40.8 cm³/mol. The highest BCUT2D eigenvalue weighted by atomic mass is 19.4. The summed E-state index contributed by atoms with van der Waals surface area (Å²) < 4.78 is 36.0. The van der Waals surface area contributed by atoms with Gasteiger partial charge in [0.1, 0.15) is 0 Å². The molecule has 0 aromatic heterocycles. The number of hydrogen-bond acceptors (Lipinski definition) is 1. The lowest BCUT2D eigenvalue weighted by atomic mass is 10.1. The fourth-order valence-electron chi connectivity index (χ4n) is 0.729. The van der Waals surface area contributed by atoms with Gasteiger partial charge in [0.15, 0.2) is 0 Å². The first-order valence-electron chi connectivity index (χ1n) is 3.47. The third-order valence-electron chi connectivity index (χ3n) is 1.40. The molecule has 70 valence electrons. The van der Waals surface area contributed by atoms with Crippen LogP contribution in [0.25, 0.3) is 0 Å². The standard InChI is InChI=1S/C8H11F3O/c1-3-7(8(9,10)11)5-4-6(2)12/h3,12H,2,4-5H2,1H3/b7-3+. The van der Waals surface area contributed by atoms with Crippen LogP contribution in [0.5, 0.6) is 0 Å². The fraction of sp³-hybridized carbons (Fsp3) is 0.500. The lowest BCUT2D eigenvalue weighted by molar-refractivity contribution is -0.0941. The van der Waals surface area contributed by atoms with Crippen molar-refractivity contribution in [3.63, 3.8) is 0 Å². The van der Waals surface area contributed by atoms with E-state index < -0.39 is 11.7 Å². The third kappa shape index (κ3) is 4.05. The second kappa shape index (κ2) is 4.18. The van der Waals surface area contributed by atoms with E-state index in [9.17, 15) is 13.2 Å². The Labute approximate surface area is 69.2 Å². The molecule has 0 aliphatic carbocycles. The Kier molecular flexibility index (Phi) is 3.86. The number of halogens is 3. The highest BCUT2D eigenvalue weighted by molar-refractivity contribution is 5.08. The molecule has 12 heavy (non-hydrogen) atoms. The number of hydrogen-bond donors (Lipinski definition) is 1. The van der Waals surface area contributed by atoms with Crippen molar-refractivity contribution in [3.05, 3.63) is 24.0 Å². The largest absolute Gasteiger partial charge is 0.513 e. The van der Waals surface area contributed by atoms with Crippen molar-refractivity contribution < 1.29 is 18.3 Å². The SMILES string of the molecule is C=C(O)CC/C(=C\C)C(F)(F)F. The summed E-state index contributed by atoms with van der Waals surface area (Å²) in [4.78, 5) is 0. The van der Waals surface area contributed by atoms with Gasteiger partial charge in [-0.1, -0.05) is 12.7 Å². The molecular weight excluding hydrogens is 169 g/mol. The zero-order valence-corrected chi connectivity index (χ0v) is 6.78. The second-order valence-corrected chi connectivity index (χ2v) is 2.38. The predicted octanol–water partition coefficient (Wildman–Crippen LogP) is 3.35. The molecule has 0 aromatic carbocycles. The summed E-state index contributed by atoms with van der Waals surface area (Å²) >= 11 is 0. The highest BCUT2D eigenvalue weighted by Crippen LogP contribution is 2.29. The van der Waals surface area contributed by atoms with Gasteiger partial charge in [-0.3, -0.25) is 0 Å². The molecule has 0 unspecified atom stereocenters. The molecule has 0 aliphatic heterocycles. The zero-order valence-electron chi connectivity index (χ0n) is 6.78. The number of allylic oxidation sites excluding steroid dienone is 3. The molecule has 0 rings (SSSR count). The minimum Gasteiger partial charge on any atom is -0.513 e.